The van der Waals surface area contributed by atoms with E-state index < -0.39 is 12.8 Å². The van der Waals surface area contributed by atoms with E-state index in [1.165, 1.54) is 0 Å². The molecule has 20 heavy (non-hydrogen) atoms. The van der Waals surface area contributed by atoms with Gasteiger partial charge in [-0.25, -0.2) is 0 Å². The van der Waals surface area contributed by atoms with Crippen molar-refractivity contribution in [3.05, 3.63) is 29.3 Å². The fourth-order valence-electron chi connectivity index (χ4n) is 1.73. The van der Waals surface area contributed by atoms with E-state index in [4.69, 9.17) is 4.74 Å². The van der Waals surface area contributed by atoms with Crippen molar-refractivity contribution in [3.63, 3.8) is 0 Å². The van der Waals surface area contributed by atoms with Gasteiger partial charge in [0.2, 0.25) is 0 Å². The van der Waals surface area contributed by atoms with Crippen molar-refractivity contribution in [1.29, 1.82) is 0 Å². The molecule has 1 rings (SSSR count). The Balaban J connectivity index is 2.58. The van der Waals surface area contributed by atoms with E-state index in [1.807, 2.05) is 32.0 Å². The highest BCUT2D eigenvalue weighted by Gasteiger charge is 2.27. The summed E-state index contributed by atoms with van der Waals surface area (Å²) in [6, 6.07) is 5.78. The van der Waals surface area contributed by atoms with Crippen LogP contribution in [0.5, 0.6) is 5.75 Å². The molecule has 0 amide bonds. The second-order valence-corrected chi connectivity index (χ2v) is 5.50. The molecular formula is C14H18BrF3O2. The monoisotopic (exact) mass is 354 g/mol. The van der Waals surface area contributed by atoms with E-state index in [-0.39, 0.29) is 11.4 Å². The number of benzene rings is 1. The van der Waals surface area contributed by atoms with Gasteiger partial charge >= 0.3 is 6.18 Å². The smallest absolute Gasteiger partial charge is 0.411 e. The van der Waals surface area contributed by atoms with Gasteiger partial charge in [0.15, 0.2) is 0 Å². The Bertz CT molecular complexity index is 421. The van der Waals surface area contributed by atoms with Gasteiger partial charge < -0.3 is 9.47 Å². The van der Waals surface area contributed by atoms with Gasteiger partial charge in [-0.15, -0.1) is 0 Å². The maximum Gasteiger partial charge on any atom is 0.411 e. The SMILES string of the molecule is CCOc1ccc(C)cc1C(Br)CCOCC(F)(F)F. The first kappa shape index (κ1) is 17.3. The van der Waals surface area contributed by atoms with Crippen molar-refractivity contribution in [2.45, 2.75) is 31.3 Å². The lowest BCUT2D eigenvalue weighted by Gasteiger charge is -2.16. The molecule has 1 unspecified atom stereocenters. The predicted octanol–water partition coefficient (Wildman–Crippen LogP) is 4.80. The molecule has 0 saturated carbocycles. The number of alkyl halides is 4. The molecule has 1 aromatic rings. The zero-order chi connectivity index (χ0) is 15.2. The van der Waals surface area contributed by atoms with Gasteiger partial charge in [0.05, 0.1) is 6.61 Å². The number of rotatable bonds is 7. The highest BCUT2D eigenvalue weighted by Crippen LogP contribution is 2.34. The van der Waals surface area contributed by atoms with Crippen LogP contribution in [0.15, 0.2) is 18.2 Å². The van der Waals surface area contributed by atoms with Crippen LogP contribution in [-0.4, -0.2) is 26.0 Å². The van der Waals surface area contributed by atoms with Crippen molar-refractivity contribution in [2.24, 2.45) is 0 Å². The molecule has 0 radical (unpaired) electrons. The zero-order valence-corrected chi connectivity index (χ0v) is 13.1. The molecule has 2 nitrogen and oxygen atoms in total. The van der Waals surface area contributed by atoms with Gasteiger partial charge in [-0.05, 0) is 26.3 Å². The fourth-order valence-corrected chi connectivity index (χ4v) is 2.27. The van der Waals surface area contributed by atoms with Gasteiger partial charge in [0.1, 0.15) is 12.4 Å². The second kappa shape index (κ2) is 7.88. The minimum Gasteiger partial charge on any atom is -0.494 e. The molecule has 0 spiro atoms. The van der Waals surface area contributed by atoms with Gasteiger partial charge in [0.25, 0.3) is 0 Å². The summed E-state index contributed by atoms with van der Waals surface area (Å²) in [4.78, 5) is -0.0998. The number of ether oxygens (including phenoxy) is 2. The van der Waals surface area contributed by atoms with Gasteiger partial charge in [-0.1, -0.05) is 33.6 Å². The topological polar surface area (TPSA) is 18.5 Å². The summed E-state index contributed by atoms with van der Waals surface area (Å²) in [5.41, 5.74) is 2.01. The van der Waals surface area contributed by atoms with Crippen LogP contribution < -0.4 is 4.74 Å². The molecule has 0 aliphatic heterocycles. The molecule has 0 fully saturated rings. The molecule has 0 bridgehead atoms. The fraction of sp³-hybridized carbons (Fsp3) is 0.571. The molecule has 114 valence electrons. The normalized spacial score (nSPS) is 13.3. The molecule has 0 N–H and O–H groups in total. The van der Waals surface area contributed by atoms with E-state index in [2.05, 4.69) is 20.7 Å². The third-order valence-electron chi connectivity index (χ3n) is 2.58. The number of hydrogen-bond acceptors (Lipinski definition) is 2. The summed E-state index contributed by atoms with van der Waals surface area (Å²) in [6.45, 7) is 3.21. The first-order valence-corrected chi connectivity index (χ1v) is 7.27. The van der Waals surface area contributed by atoms with Crippen LogP contribution in [0.25, 0.3) is 0 Å². The molecule has 0 aliphatic rings. The first-order chi connectivity index (χ1) is 9.33. The Morgan fingerprint density at radius 3 is 2.60 bits per heavy atom. The van der Waals surface area contributed by atoms with E-state index in [1.54, 1.807) is 0 Å². The van der Waals surface area contributed by atoms with Crippen LogP contribution >= 0.6 is 15.9 Å². The Kier molecular flexibility index (Phi) is 6.82. The van der Waals surface area contributed by atoms with Crippen LogP contribution in [0.1, 0.15) is 29.3 Å². The Hall–Kier alpha value is -0.750. The summed E-state index contributed by atoms with van der Waals surface area (Å²) in [7, 11) is 0. The lowest BCUT2D eigenvalue weighted by molar-refractivity contribution is -0.174. The average molecular weight is 355 g/mol. The molecule has 6 heteroatoms. The van der Waals surface area contributed by atoms with Gasteiger partial charge in [0, 0.05) is 17.0 Å². The third-order valence-corrected chi connectivity index (χ3v) is 3.54. The van der Waals surface area contributed by atoms with Gasteiger partial charge in [-0.3, -0.25) is 0 Å². The first-order valence-electron chi connectivity index (χ1n) is 6.35. The summed E-state index contributed by atoms with van der Waals surface area (Å²) < 4.78 is 46.0. The molecular weight excluding hydrogens is 337 g/mol. The van der Waals surface area contributed by atoms with Crippen molar-refractivity contribution in [2.75, 3.05) is 19.8 Å². The summed E-state index contributed by atoms with van der Waals surface area (Å²) in [6.07, 6.45) is -3.83. The van der Waals surface area contributed by atoms with Crippen molar-refractivity contribution < 1.29 is 22.6 Å². The molecule has 0 aliphatic carbocycles. The number of hydrogen-bond donors (Lipinski definition) is 0. The minimum absolute atomic E-state index is 0.0366. The van der Waals surface area contributed by atoms with Crippen LogP contribution in [0, 0.1) is 6.92 Å². The lowest BCUT2D eigenvalue weighted by atomic mass is 10.1. The van der Waals surface area contributed by atoms with Crippen LogP contribution in [0.2, 0.25) is 0 Å². The van der Waals surface area contributed by atoms with Crippen molar-refractivity contribution in [1.82, 2.24) is 0 Å². The van der Waals surface area contributed by atoms with Gasteiger partial charge in [-0.2, -0.15) is 13.2 Å². The average Bonchev–Trinajstić information content (AvgIpc) is 2.35. The van der Waals surface area contributed by atoms with Crippen LogP contribution in [-0.2, 0) is 4.74 Å². The number of halogens is 4. The summed E-state index contributed by atoms with van der Waals surface area (Å²) in [5, 5.41) is 0. The highest BCUT2D eigenvalue weighted by molar-refractivity contribution is 9.09. The lowest BCUT2D eigenvalue weighted by Crippen LogP contribution is -2.17. The highest BCUT2D eigenvalue weighted by atomic mass is 79.9. The molecule has 0 saturated heterocycles. The standard InChI is InChI=1S/C14H18BrF3O2/c1-3-20-13-5-4-10(2)8-11(13)12(15)6-7-19-9-14(16,17)18/h4-5,8,12H,3,6-7,9H2,1-2H3. The number of aryl methyl sites for hydroxylation is 1. The van der Waals surface area contributed by atoms with E-state index in [0.29, 0.717) is 13.0 Å². The molecule has 0 heterocycles. The van der Waals surface area contributed by atoms with Crippen molar-refractivity contribution >= 4 is 15.9 Å². The molecule has 0 aromatic heterocycles. The summed E-state index contributed by atoms with van der Waals surface area (Å²) >= 11 is 3.48. The molecule has 1 atom stereocenters. The van der Waals surface area contributed by atoms with Crippen LogP contribution in [0.3, 0.4) is 0 Å². The van der Waals surface area contributed by atoms with E-state index in [9.17, 15) is 13.2 Å². The maximum absolute atomic E-state index is 12.0. The Labute approximate surface area is 125 Å². The minimum atomic E-state index is -4.28. The van der Waals surface area contributed by atoms with E-state index >= 15 is 0 Å². The second-order valence-electron chi connectivity index (χ2n) is 4.40. The zero-order valence-electron chi connectivity index (χ0n) is 11.5. The van der Waals surface area contributed by atoms with Crippen LogP contribution in [0.4, 0.5) is 13.2 Å². The Morgan fingerprint density at radius 1 is 1.30 bits per heavy atom. The maximum atomic E-state index is 12.0. The van der Waals surface area contributed by atoms with Crippen molar-refractivity contribution in [3.8, 4) is 5.75 Å². The third kappa shape index (κ3) is 6.13. The van der Waals surface area contributed by atoms with E-state index in [0.717, 1.165) is 16.9 Å². The Morgan fingerprint density at radius 2 is 2.00 bits per heavy atom. The summed E-state index contributed by atoms with van der Waals surface area (Å²) in [5.74, 6) is 0.746. The quantitative estimate of drug-likeness (QED) is 0.517. The molecule has 1 aromatic carbocycles. The predicted molar refractivity (Wildman–Crippen MR) is 75.5 cm³/mol. The largest absolute Gasteiger partial charge is 0.494 e.